The van der Waals surface area contributed by atoms with Gasteiger partial charge in [-0.05, 0) is 89.9 Å². The van der Waals surface area contributed by atoms with E-state index in [4.69, 9.17) is 60.6 Å². The van der Waals surface area contributed by atoms with Crippen molar-refractivity contribution in [1.82, 2.24) is 10.7 Å². The maximum absolute atomic E-state index is 13.0. The predicted octanol–water partition coefficient (Wildman–Crippen LogP) is 7.94. The summed E-state index contributed by atoms with van der Waals surface area (Å²) in [6, 6.07) is 12.6. The van der Waals surface area contributed by atoms with Crippen LogP contribution in [-0.2, 0) is 16.2 Å². The minimum absolute atomic E-state index is 0.114. The second kappa shape index (κ2) is 16.6. The first kappa shape index (κ1) is 35.0. The van der Waals surface area contributed by atoms with Gasteiger partial charge in [0.25, 0.3) is 11.8 Å². The van der Waals surface area contributed by atoms with E-state index in [2.05, 4.69) is 38.4 Å². The van der Waals surface area contributed by atoms with E-state index in [1.165, 1.54) is 19.4 Å². The molecule has 0 saturated carbocycles. The van der Waals surface area contributed by atoms with Gasteiger partial charge in [-0.25, -0.2) is 5.43 Å². The lowest BCUT2D eigenvalue weighted by Gasteiger charge is -2.22. The predicted molar refractivity (Wildman–Crippen MR) is 180 cm³/mol. The van der Waals surface area contributed by atoms with E-state index in [0.29, 0.717) is 44.3 Å². The minimum Gasteiger partial charge on any atom is -0.493 e. The van der Waals surface area contributed by atoms with Crippen LogP contribution in [0.2, 0.25) is 20.1 Å². The van der Waals surface area contributed by atoms with Gasteiger partial charge in [0.2, 0.25) is 0 Å². The number of methoxy groups -OCH3 is 1. The fraction of sp³-hybridized carbons (Fsp3) is 0.300. The molecule has 230 valence electrons. The number of benzene rings is 3. The van der Waals surface area contributed by atoms with Gasteiger partial charge in [-0.15, -0.1) is 0 Å². The van der Waals surface area contributed by atoms with E-state index < -0.39 is 24.0 Å². The number of carbonyl (C=O) groups excluding carboxylic acids is 2. The quantitative estimate of drug-likeness (QED) is 0.104. The number of nitrogens with one attached hydrogen (secondary N) is 2. The molecule has 0 fully saturated rings. The van der Waals surface area contributed by atoms with E-state index in [1.54, 1.807) is 43.3 Å². The third kappa shape index (κ3) is 10.6. The number of ether oxygens (including phenoxy) is 3. The van der Waals surface area contributed by atoms with Crippen molar-refractivity contribution in [1.29, 1.82) is 0 Å². The summed E-state index contributed by atoms with van der Waals surface area (Å²) < 4.78 is 18.0. The van der Waals surface area contributed by atoms with Crippen LogP contribution in [0.1, 0.15) is 38.3 Å². The standard InChI is InChI=1S/C30H30Cl4IN3O5/c1-16(2)9-25(37-29(39)17(3)43-26-8-7-21(32)13-23(26)34)30(40)38-36-14-18-10-24(35)28(27(11-18)41-4)42-15-19-5-6-20(31)12-22(19)33/h5-8,10-14,16-17,25H,9,15H2,1-4H3,(H,37,39)(H,38,40)/b36-14-/t17-,25-/m0/s1. The number of nitrogens with zero attached hydrogens (tertiary/aromatic N) is 1. The third-order valence-corrected chi connectivity index (χ3v) is 7.85. The fourth-order valence-electron chi connectivity index (χ4n) is 3.80. The van der Waals surface area contributed by atoms with Crippen LogP contribution in [0.4, 0.5) is 0 Å². The Morgan fingerprint density at radius 2 is 1.60 bits per heavy atom. The summed E-state index contributed by atoms with van der Waals surface area (Å²) in [4.78, 5) is 25.9. The lowest BCUT2D eigenvalue weighted by atomic mass is 10.0. The maximum Gasteiger partial charge on any atom is 0.262 e. The molecule has 0 aliphatic heterocycles. The second-order valence-corrected chi connectivity index (χ2v) is 12.7. The SMILES string of the molecule is COc1cc(/C=N\NC(=O)[C@H](CC(C)C)NC(=O)[C@H](C)Oc2ccc(Cl)cc2Cl)cc(I)c1OCc1ccc(Cl)cc1Cl. The highest BCUT2D eigenvalue weighted by molar-refractivity contribution is 14.1. The first-order valence-corrected chi connectivity index (χ1v) is 15.7. The Hall–Kier alpha value is -2.44. The minimum atomic E-state index is -0.921. The number of carbonyl (C=O) groups is 2. The average Bonchev–Trinajstić information content (AvgIpc) is 2.93. The second-order valence-electron chi connectivity index (χ2n) is 9.82. The number of halogens is 5. The fourth-order valence-corrected chi connectivity index (χ4v) is 5.50. The van der Waals surface area contributed by atoms with E-state index in [0.717, 1.165) is 9.13 Å². The molecule has 8 nitrogen and oxygen atoms in total. The summed E-state index contributed by atoms with van der Waals surface area (Å²) in [7, 11) is 1.53. The Bertz CT molecular complexity index is 1490. The summed E-state index contributed by atoms with van der Waals surface area (Å²) in [5, 5.41) is 8.60. The molecule has 13 heteroatoms. The van der Waals surface area contributed by atoms with Gasteiger partial charge in [0.1, 0.15) is 18.4 Å². The topological polar surface area (TPSA) is 98.2 Å². The summed E-state index contributed by atoms with van der Waals surface area (Å²) in [5.41, 5.74) is 3.94. The zero-order valence-corrected chi connectivity index (χ0v) is 28.9. The molecule has 0 aromatic heterocycles. The molecule has 43 heavy (non-hydrogen) atoms. The Morgan fingerprint density at radius 3 is 2.23 bits per heavy atom. The van der Waals surface area contributed by atoms with Crippen LogP contribution in [0.5, 0.6) is 17.2 Å². The molecule has 0 spiro atoms. The summed E-state index contributed by atoms with van der Waals surface area (Å²) in [6.45, 7) is 5.67. The monoisotopic (exact) mass is 779 g/mol. The first-order chi connectivity index (χ1) is 20.4. The molecular weight excluding hydrogens is 751 g/mol. The lowest BCUT2D eigenvalue weighted by Crippen LogP contribution is -2.49. The van der Waals surface area contributed by atoms with Crippen molar-refractivity contribution < 1.29 is 23.8 Å². The van der Waals surface area contributed by atoms with Crippen molar-refractivity contribution in [3.8, 4) is 17.2 Å². The molecule has 0 aliphatic rings. The normalized spacial score (nSPS) is 12.6. The van der Waals surface area contributed by atoms with Crippen molar-refractivity contribution in [3.05, 3.63) is 83.3 Å². The number of hydrazone groups is 1. The van der Waals surface area contributed by atoms with Gasteiger partial charge < -0.3 is 19.5 Å². The zero-order chi connectivity index (χ0) is 31.7. The number of amides is 2. The third-order valence-electron chi connectivity index (χ3n) is 5.93. The lowest BCUT2D eigenvalue weighted by molar-refractivity contribution is -0.132. The maximum atomic E-state index is 13.0. The first-order valence-electron chi connectivity index (χ1n) is 13.1. The van der Waals surface area contributed by atoms with E-state index in [9.17, 15) is 9.59 Å². The van der Waals surface area contributed by atoms with Crippen molar-refractivity contribution >= 4 is 87.0 Å². The van der Waals surface area contributed by atoms with Crippen molar-refractivity contribution in [2.45, 2.75) is 45.9 Å². The van der Waals surface area contributed by atoms with Gasteiger partial charge in [-0.2, -0.15) is 5.10 Å². The van der Waals surface area contributed by atoms with Crippen molar-refractivity contribution in [2.24, 2.45) is 11.0 Å². The van der Waals surface area contributed by atoms with Gasteiger partial charge in [0, 0.05) is 20.6 Å². The number of hydrogen-bond donors (Lipinski definition) is 2. The molecule has 2 amide bonds. The molecule has 0 radical (unpaired) electrons. The molecule has 3 aromatic carbocycles. The van der Waals surface area contributed by atoms with E-state index >= 15 is 0 Å². The molecule has 2 N–H and O–H groups in total. The largest absolute Gasteiger partial charge is 0.493 e. The van der Waals surface area contributed by atoms with Crippen LogP contribution >= 0.6 is 69.0 Å². The van der Waals surface area contributed by atoms with Crippen LogP contribution < -0.4 is 25.0 Å². The summed E-state index contributed by atoms with van der Waals surface area (Å²) >= 11 is 26.5. The highest BCUT2D eigenvalue weighted by Gasteiger charge is 2.25. The van der Waals surface area contributed by atoms with Crippen LogP contribution in [0.25, 0.3) is 0 Å². The van der Waals surface area contributed by atoms with Crippen molar-refractivity contribution in [2.75, 3.05) is 7.11 Å². The van der Waals surface area contributed by atoms with Gasteiger partial charge in [0.15, 0.2) is 17.6 Å². The summed E-state index contributed by atoms with van der Waals surface area (Å²) in [6.07, 6.45) is 0.942. The number of rotatable bonds is 13. The van der Waals surface area contributed by atoms with Gasteiger partial charge in [-0.1, -0.05) is 66.3 Å². The van der Waals surface area contributed by atoms with E-state index in [-0.39, 0.29) is 17.5 Å². The molecule has 0 aliphatic carbocycles. The molecule has 0 heterocycles. The van der Waals surface area contributed by atoms with Gasteiger partial charge in [-0.3, -0.25) is 9.59 Å². The molecule has 3 rings (SSSR count). The van der Waals surface area contributed by atoms with Crippen LogP contribution in [0, 0.1) is 9.49 Å². The highest BCUT2D eigenvalue weighted by atomic mass is 127. The molecule has 0 bridgehead atoms. The molecular formula is C30H30Cl4IN3O5. The van der Waals surface area contributed by atoms with Gasteiger partial charge in [0.05, 0.1) is 21.9 Å². The number of hydrogen-bond acceptors (Lipinski definition) is 6. The Morgan fingerprint density at radius 1 is 0.930 bits per heavy atom. The molecule has 2 atom stereocenters. The Balaban J connectivity index is 1.65. The molecule has 3 aromatic rings. The zero-order valence-electron chi connectivity index (χ0n) is 23.7. The average molecular weight is 781 g/mol. The Labute approximate surface area is 284 Å². The Kier molecular flexibility index (Phi) is 13.5. The highest BCUT2D eigenvalue weighted by Crippen LogP contribution is 2.35. The van der Waals surface area contributed by atoms with Crippen LogP contribution in [0.15, 0.2) is 53.6 Å². The summed E-state index contributed by atoms with van der Waals surface area (Å²) in [5.74, 6) is 0.472. The smallest absolute Gasteiger partial charge is 0.262 e. The van der Waals surface area contributed by atoms with Gasteiger partial charge >= 0.3 is 0 Å². The van der Waals surface area contributed by atoms with Crippen molar-refractivity contribution in [3.63, 3.8) is 0 Å². The van der Waals surface area contributed by atoms with Crippen LogP contribution in [0.3, 0.4) is 0 Å². The molecule has 0 unspecified atom stereocenters. The van der Waals surface area contributed by atoms with Crippen LogP contribution in [-0.4, -0.2) is 37.3 Å². The molecule has 0 saturated heterocycles. The van der Waals surface area contributed by atoms with E-state index in [1.807, 2.05) is 19.9 Å².